The van der Waals surface area contributed by atoms with E-state index in [9.17, 15) is 4.79 Å². The number of aromatic nitrogens is 2. The van der Waals surface area contributed by atoms with E-state index in [1.165, 1.54) is 0 Å². The summed E-state index contributed by atoms with van der Waals surface area (Å²) in [7, 11) is 0. The molecule has 3 rings (SSSR count). The Morgan fingerprint density at radius 2 is 2.14 bits per heavy atom. The average Bonchev–Trinajstić information content (AvgIpc) is 2.94. The van der Waals surface area contributed by atoms with Gasteiger partial charge in [-0.15, -0.1) is 5.10 Å². The summed E-state index contributed by atoms with van der Waals surface area (Å²) >= 11 is 5.85. The second kappa shape index (κ2) is 5.96. The van der Waals surface area contributed by atoms with Crippen LogP contribution < -0.4 is 5.32 Å². The van der Waals surface area contributed by atoms with Crippen LogP contribution in [-0.2, 0) is 4.79 Å². The van der Waals surface area contributed by atoms with Gasteiger partial charge in [0.25, 0.3) is 0 Å². The molecule has 22 heavy (non-hydrogen) atoms. The Morgan fingerprint density at radius 1 is 1.41 bits per heavy atom. The summed E-state index contributed by atoms with van der Waals surface area (Å²) in [6, 6.07) is 7.26. The third-order valence-corrected chi connectivity index (χ3v) is 4.08. The Hall–Kier alpha value is -2.08. The molecular formula is C15H17ClN4O2. The van der Waals surface area contributed by atoms with Crippen molar-refractivity contribution >= 4 is 23.5 Å². The van der Waals surface area contributed by atoms with Crippen molar-refractivity contribution in [3.05, 3.63) is 29.3 Å². The van der Waals surface area contributed by atoms with Crippen LogP contribution in [0.5, 0.6) is 0 Å². The molecule has 1 N–H and O–H groups in total. The summed E-state index contributed by atoms with van der Waals surface area (Å²) in [5.74, 6) is 0.432. The zero-order valence-electron chi connectivity index (χ0n) is 12.4. The number of carbonyl (C=O) groups is 1. The number of amides is 1. The molecule has 1 fully saturated rings. The third-order valence-electron chi connectivity index (χ3n) is 3.83. The number of nitrogens with zero attached hydrogens (tertiary/aromatic N) is 3. The van der Waals surface area contributed by atoms with E-state index in [0.29, 0.717) is 17.0 Å². The zero-order valence-corrected chi connectivity index (χ0v) is 13.2. The molecule has 1 amide bonds. The van der Waals surface area contributed by atoms with Gasteiger partial charge < -0.3 is 14.6 Å². The fourth-order valence-corrected chi connectivity index (χ4v) is 2.46. The maximum Gasteiger partial charge on any atom is 0.316 e. The molecule has 1 aliphatic rings. The van der Waals surface area contributed by atoms with Gasteiger partial charge in [-0.25, -0.2) is 0 Å². The van der Waals surface area contributed by atoms with E-state index in [1.54, 1.807) is 31.2 Å². The van der Waals surface area contributed by atoms with Crippen LogP contribution in [0.2, 0.25) is 5.02 Å². The minimum atomic E-state index is -0.402. The molecule has 0 radical (unpaired) electrons. The number of anilines is 1. The van der Waals surface area contributed by atoms with E-state index in [4.69, 9.17) is 16.0 Å². The first-order valence-electron chi connectivity index (χ1n) is 7.21. The predicted molar refractivity (Wildman–Crippen MR) is 83.6 cm³/mol. The van der Waals surface area contributed by atoms with Crippen molar-refractivity contribution < 1.29 is 9.21 Å². The molecule has 2 aromatic rings. The van der Waals surface area contributed by atoms with E-state index in [1.807, 2.05) is 11.8 Å². The number of likely N-dealkylation sites (tertiary alicyclic amines) is 1. The van der Waals surface area contributed by atoms with Crippen LogP contribution in [0.4, 0.5) is 6.01 Å². The summed E-state index contributed by atoms with van der Waals surface area (Å²) in [5, 5.41) is 11.5. The maximum atomic E-state index is 12.2. The quantitative estimate of drug-likeness (QED) is 0.938. The molecule has 116 valence electrons. The highest BCUT2D eigenvalue weighted by atomic mass is 35.5. The van der Waals surface area contributed by atoms with Crippen molar-refractivity contribution in [1.29, 1.82) is 0 Å². The highest BCUT2D eigenvalue weighted by molar-refractivity contribution is 6.30. The predicted octanol–water partition coefficient (Wildman–Crippen LogP) is 2.81. The lowest BCUT2D eigenvalue weighted by molar-refractivity contribution is -0.138. The van der Waals surface area contributed by atoms with Crippen LogP contribution in [0.1, 0.15) is 20.3 Å². The summed E-state index contributed by atoms with van der Waals surface area (Å²) in [5.41, 5.74) is 0.778. The number of nitrogens with one attached hydrogen (secondary N) is 1. The molecule has 2 heterocycles. The van der Waals surface area contributed by atoms with Gasteiger partial charge in [0.1, 0.15) is 6.04 Å². The number of hydrogen-bond donors (Lipinski definition) is 1. The lowest BCUT2D eigenvalue weighted by Gasteiger charge is -2.40. The molecule has 1 aromatic heterocycles. The van der Waals surface area contributed by atoms with E-state index >= 15 is 0 Å². The van der Waals surface area contributed by atoms with Crippen LogP contribution in [0.3, 0.4) is 0 Å². The lowest BCUT2D eigenvalue weighted by Crippen LogP contribution is -2.53. The number of hydrogen-bond acceptors (Lipinski definition) is 5. The van der Waals surface area contributed by atoms with Gasteiger partial charge in [0.2, 0.25) is 11.8 Å². The van der Waals surface area contributed by atoms with Gasteiger partial charge in [-0.3, -0.25) is 4.79 Å². The standard InChI is InChI=1S/C15H17ClN4O2/c1-9-7-8-20(9)14(21)10(2)17-15-19-18-13(22-15)11-3-5-12(16)6-4-11/h3-6,9-10H,7-8H2,1-2H3,(H,17,19)/t9-,10+/m0/s1. The lowest BCUT2D eigenvalue weighted by atomic mass is 10.0. The second-order valence-electron chi connectivity index (χ2n) is 5.45. The minimum Gasteiger partial charge on any atom is -0.403 e. The second-order valence-corrected chi connectivity index (χ2v) is 5.89. The third kappa shape index (κ3) is 2.92. The van der Waals surface area contributed by atoms with Gasteiger partial charge in [0, 0.05) is 23.2 Å². The molecular weight excluding hydrogens is 304 g/mol. The fraction of sp³-hybridized carbons (Fsp3) is 0.400. The monoisotopic (exact) mass is 320 g/mol. The first-order valence-corrected chi connectivity index (χ1v) is 7.59. The highest BCUT2D eigenvalue weighted by Gasteiger charge is 2.31. The van der Waals surface area contributed by atoms with Gasteiger partial charge in [-0.1, -0.05) is 16.7 Å². The molecule has 1 aromatic carbocycles. The van der Waals surface area contributed by atoms with Crippen LogP contribution in [0, 0.1) is 0 Å². The molecule has 0 saturated carbocycles. The molecule has 0 bridgehead atoms. The van der Waals surface area contributed by atoms with Crippen molar-refractivity contribution in [1.82, 2.24) is 15.1 Å². The summed E-state index contributed by atoms with van der Waals surface area (Å²) in [6.07, 6.45) is 1.06. The normalized spacial score (nSPS) is 18.7. The average molecular weight is 321 g/mol. The Morgan fingerprint density at radius 3 is 2.73 bits per heavy atom. The largest absolute Gasteiger partial charge is 0.403 e. The smallest absolute Gasteiger partial charge is 0.316 e. The van der Waals surface area contributed by atoms with Crippen molar-refractivity contribution in [2.24, 2.45) is 0 Å². The van der Waals surface area contributed by atoms with Gasteiger partial charge in [0.05, 0.1) is 0 Å². The molecule has 6 nitrogen and oxygen atoms in total. The number of benzene rings is 1. The number of rotatable bonds is 4. The molecule has 0 unspecified atom stereocenters. The van der Waals surface area contributed by atoms with Crippen molar-refractivity contribution in [2.75, 3.05) is 11.9 Å². The molecule has 0 spiro atoms. The van der Waals surface area contributed by atoms with Crippen molar-refractivity contribution in [2.45, 2.75) is 32.4 Å². The van der Waals surface area contributed by atoms with Crippen molar-refractivity contribution in [3.63, 3.8) is 0 Å². The SMILES string of the molecule is C[C@@H](Nc1nnc(-c2ccc(Cl)cc2)o1)C(=O)N1CC[C@@H]1C. The van der Waals surface area contributed by atoms with E-state index in [2.05, 4.69) is 15.5 Å². The number of carbonyl (C=O) groups excluding carboxylic acids is 1. The molecule has 0 aliphatic carbocycles. The number of halogens is 1. The van der Waals surface area contributed by atoms with Crippen molar-refractivity contribution in [3.8, 4) is 11.5 Å². The molecule has 7 heteroatoms. The fourth-order valence-electron chi connectivity index (χ4n) is 2.33. The van der Waals surface area contributed by atoms with Crippen LogP contribution >= 0.6 is 11.6 Å². The minimum absolute atomic E-state index is 0.0463. The zero-order chi connectivity index (χ0) is 15.7. The molecule has 1 saturated heterocycles. The molecule has 1 aliphatic heterocycles. The summed E-state index contributed by atoms with van der Waals surface area (Å²) in [6.45, 7) is 4.64. The highest BCUT2D eigenvalue weighted by Crippen LogP contribution is 2.23. The topological polar surface area (TPSA) is 71.3 Å². The first-order chi connectivity index (χ1) is 10.5. The van der Waals surface area contributed by atoms with Crippen LogP contribution in [0.25, 0.3) is 11.5 Å². The van der Waals surface area contributed by atoms with Gasteiger partial charge in [-0.2, -0.15) is 0 Å². The van der Waals surface area contributed by atoms with Crippen LogP contribution in [0.15, 0.2) is 28.7 Å². The van der Waals surface area contributed by atoms with Gasteiger partial charge >= 0.3 is 6.01 Å². The maximum absolute atomic E-state index is 12.2. The summed E-state index contributed by atoms with van der Waals surface area (Å²) in [4.78, 5) is 14.1. The van der Waals surface area contributed by atoms with E-state index in [-0.39, 0.29) is 11.9 Å². The Bertz CT molecular complexity index is 670. The molecule has 2 atom stereocenters. The Balaban J connectivity index is 1.66. The Kier molecular flexibility index (Phi) is 4.02. The van der Waals surface area contributed by atoms with E-state index in [0.717, 1.165) is 18.5 Å². The summed E-state index contributed by atoms with van der Waals surface area (Å²) < 4.78 is 5.54. The Labute approximate surface area is 133 Å². The first kappa shape index (κ1) is 14.8. The van der Waals surface area contributed by atoms with Gasteiger partial charge in [-0.05, 0) is 44.5 Å². The van der Waals surface area contributed by atoms with Crippen LogP contribution in [-0.4, -0.2) is 39.6 Å². The van der Waals surface area contributed by atoms with Gasteiger partial charge in [0.15, 0.2) is 0 Å². The van der Waals surface area contributed by atoms with E-state index < -0.39 is 6.04 Å².